The Morgan fingerprint density at radius 2 is 0.864 bits per heavy atom. The molecule has 0 saturated carbocycles. The zero-order valence-electron chi connectivity index (χ0n) is 26.8. The highest BCUT2D eigenvalue weighted by Crippen LogP contribution is 2.56. The summed E-state index contributed by atoms with van der Waals surface area (Å²) in [7, 11) is -1.32. The van der Waals surface area contributed by atoms with Gasteiger partial charge in [-0.25, -0.2) is 0 Å². The van der Waals surface area contributed by atoms with Crippen LogP contribution in [0.5, 0.6) is 0 Å². The summed E-state index contributed by atoms with van der Waals surface area (Å²) in [6, 6.07) is 43.9. The van der Waals surface area contributed by atoms with Crippen LogP contribution in [0.1, 0.15) is 38.9 Å². The Kier molecular flexibility index (Phi) is 9.14. The summed E-state index contributed by atoms with van der Waals surface area (Å²) in [5, 5.41) is 7.37. The van der Waals surface area contributed by atoms with Gasteiger partial charge in [-0.3, -0.25) is 0 Å². The fourth-order valence-corrected chi connectivity index (χ4v) is 12.4. The van der Waals surface area contributed by atoms with Crippen LogP contribution in [0, 0.1) is 47.5 Å². The van der Waals surface area contributed by atoms with Crippen molar-refractivity contribution >= 4 is 42.6 Å². The highest BCUT2D eigenvalue weighted by molar-refractivity contribution is 7.77. The molecule has 0 N–H and O–H groups in total. The Balaban J connectivity index is 1.54. The van der Waals surface area contributed by atoms with Crippen molar-refractivity contribution < 1.29 is 0 Å². The van der Waals surface area contributed by atoms with Gasteiger partial charge >= 0.3 is 0 Å². The maximum atomic E-state index is 2.49. The molecule has 0 fully saturated rings. The van der Waals surface area contributed by atoms with E-state index in [1.807, 2.05) is 0 Å². The summed E-state index contributed by atoms with van der Waals surface area (Å²) < 4.78 is 0. The van der Waals surface area contributed by atoms with Gasteiger partial charge in [-0.2, -0.15) is 0 Å². The van der Waals surface area contributed by atoms with Gasteiger partial charge in [0.05, 0.1) is 0 Å². The normalized spacial score (nSPS) is 14.7. The Morgan fingerprint density at radius 3 is 1.30 bits per heavy atom. The van der Waals surface area contributed by atoms with Crippen molar-refractivity contribution in [3.63, 3.8) is 0 Å². The second-order valence-corrected chi connectivity index (χ2v) is 16.9. The third-order valence-corrected chi connectivity index (χ3v) is 13.5. The van der Waals surface area contributed by atoms with Crippen molar-refractivity contribution in [3.8, 4) is 0 Å². The van der Waals surface area contributed by atoms with Crippen molar-refractivity contribution in [2.45, 2.75) is 41.5 Å². The average Bonchev–Trinajstić information content (AvgIpc) is 3.38. The van der Waals surface area contributed by atoms with Gasteiger partial charge in [-0.1, -0.05) is 161 Å². The van der Waals surface area contributed by atoms with Crippen LogP contribution in [-0.4, -0.2) is 6.16 Å². The van der Waals surface area contributed by atoms with Gasteiger partial charge in [-0.15, -0.1) is 0 Å². The van der Waals surface area contributed by atoms with Crippen LogP contribution in [0.15, 0.2) is 133 Å². The minimum absolute atomic E-state index is 0.315. The van der Waals surface area contributed by atoms with E-state index in [9.17, 15) is 0 Å². The lowest BCUT2D eigenvalue weighted by atomic mass is 9.94. The Hall–Kier alpha value is -3.56. The zero-order chi connectivity index (χ0) is 30.8. The van der Waals surface area contributed by atoms with Crippen LogP contribution >= 0.6 is 15.8 Å². The fourth-order valence-electron chi connectivity index (χ4n) is 6.78. The van der Waals surface area contributed by atoms with Gasteiger partial charge in [0.25, 0.3) is 0 Å². The van der Waals surface area contributed by atoms with Crippen LogP contribution in [-0.2, 0) is 0 Å². The lowest BCUT2D eigenvalue weighted by Crippen LogP contribution is -2.23. The highest BCUT2D eigenvalue weighted by atomic mass is 31.1. The van der Waals surface area contributed by atoms with E-state index in [1.54, 1.807) is 5.31 Å². The van der Waals surface area contributed by atoms with Crippen molar-refractivity contribution in [3.05, 3.63) is 172 Å². The summed E-state index contributed by atoms with van der Waals surface area (Å²) in [5.41, 5.74) is 10.9. The molecule has 0 spiro atoms. The number of hydrogen-bond donors (Lipinski definition) is 0. The molecule has 220 valence electrons. The molecule has 0 radical (unpaired) electrons. The maximum absolute atomic E-state index is 2.49. The van der Waals surface area contributed by atoms with Gasteiger partial charge in [0, 0.05) is 5.92 Å². The minimum atomic E-state index is -0.698. The molecule has 6 rings (SSSR count). The molecule has 0 bridgehead atoms. The third-order valence-electron chi connectivity index (χ3n) is 8.41. The van der Waals surface area contributed by atoms with Gasteiger partial charge in [0.1, 0.15) is 0 Å². The zero-order valence-corrected chi connectivity index (χ0v) is 28.6. The van der Waals surface area contributed by atoms with Crippen LogP contribution in [0.4, 0.5) is 0 Å². The summed E-state index contributed by atoms with van der Waals surface area (Å²) in [4.78, 5) is 0. The van der Waals surface area contributed by atoms with Crippen molar-refractivity contribution in [2.75, 3.05) is 6.16 Å². The minimum Gasteiger partial charge on any atom is -0.0622 e. The first kappa shape index (κ1) is 30.5. The van der Waals surface area contributed by atoms with Gasteiger partial charge in [0.2, 0.25) is 0 Å². The second-order valence-electron chi connectivity index (χ2n) is 12.5. The predicted octanol–water partition coefficient (Wildman–Crippen LogP) is 9.70. The molecule has 0 saturated heterocycles. The van der Waals surface area contributed by atoms with Crippen molar-refractivity contribution in [1.29, 1.82) is 0 Å². The fraction of sp³-hybridized carbons (Fsp3) is 0.190. The quantitative estimate of drug-likeness (QED) is 0.154. The second kappa shape index (κ2) is 13.2. The number of allylic oxidation sites excluding steroid dienone is 4. The molecule has 5 aromatic rings. The Bertz CT molecular complexity index is 1690. The van der Waals surface area contributed by atoms with E-state index in [4.69, 9.17) is 0 Å². The molecule has 0 nitrogen and oxygen atoms in total. The Morgan fingerprint density at radius 1 is 0.455 bits per heavy atom. The van der Waals surface area contributed by atoms with Crippen LogP contribution in [0.3, 0.4) is 0 Å². The molecule has 1 aliphatic rings. The number of hydrogen-bond acceptors (Lipinski definition) is 0. The Labute approximate surface area is 267 Å². The molecule has 1 aliphatic carbocycles. The first-order valence-electron chi connectivity index (χ1n) is 15.6. The van der Waals surface area contributed by atoms with E-state index in [1.165, 1.54) is 65.7 Å². The van der Waals surface area contributed by atoms with Gasteiger partial charge < -0.3 is 0 Å². The molecule has 0 amide bonds. The van der Waals surface area contributed by atoms with Crippen LogP contribution in [0.25, 0.3) is 5.57 Å². The van der Waals surface area contributed by atoms with E-state index in [-0.39, 0.29) is 0 Å². The highest BCUT2D eigenvalue weighted by Gasteiger charge is 2.34. The summed E-state index contributed by atoms with van der Waals surface area (Å²) >= 11 is 0. The SMILES string of the molecule is Cc1cc(C)cc(C2=CC=C(P(c3ccccc3)c3ccccc3)C2CP(c2cc(C)cc(C)c2)c2cc(C)cc(C)c2)c1. The monoisotopic (exact) mass is 608 g/mol. The number of rotatable bonds is 8. The molecule has 2 heteroatoms. The lowest BCUT2D eigenvalue weighted by Gasteiger charge is -2.31. The smallest absolute Gasteiger partial charge is 0.0151 e. The molecule has 1 atom stereocenters. The van der Waals surface area contributed by atoms with Crippen LogP contribution < -0.4 is 21.2 Å². The molecule has 0 aromatic heterocycles. The predicted molar refractivity (Wildman–Crippen MR) is 197 cm³/mol. The summed E-state index contributed by atoms with van der Waals surface area (Å²) in [6.45, 7) is 13.4. The molecule has 0 aliphatic heterocycles. The number of aryl methyl sites for hydroxylation is 6. The molecule has 44 heavy (non-hydrogen) atoms. The van der Waals surface area contributed by atoms with E-state index < -0.39 is 15.8 Å². The molecule has 1 unspecified atom stereocenters. The first-order chi connectivity index (χ1) is 21.2. The molecule has 0 heterocycles. The molecule has 5 aromatic carbocycles. The molecular formula is C42H42P2. The van der Waals surface area contributed by atoms with Crippen LogP contribution in [0.2, 0.25) is 0 Å². The van der Waals surface area contributed by atoms with Crippen molar-refractivity contribution in [1.82, 2.24) is 0 Å². The molecular weight excluding hydrogens is 566 g/mol. The number of benzene rings is 5. The largest absolute Gasteiger partial charge is 0.0622 e. The van der Waals surface area contributed by atoms with Gasteiger partial charge in [0.15, 0.2) is 0 Å². The maximum Gasteiger partial charge on any atom is 0.0151 e. The summed E-state index contributed by atoms with van der Waals surface area (Å²) in [6.07, 6.45) is 6.02. The van der Waals surface area contributed by atoms with Gasteiger partial charge in [-0.05, 0) is 101 Å². The average molecular weight is 609 g/mol. The lowest BCUT2D eigenvalue weighted by molar-refractivity contribution is 0.972. The van der Waals surface area contributed by atoms with Crippen molar-refractivity contribution in [2.24, 2.45) is 5.92 Å². The van der Waals surface area contributed by atoms with E-state index >= 15 is 0 Å². The standard InChI is InChI=1S/C42H42P2/c1-29-19-30(2)23-35(22-29)40-17-18-42(44(36-13-9-7-10-14-36)37-15-11-8-12-16-37)41(40)28-43(38-24-31(3)20-32(4)25-38)39-26-33(5)21-34(6)27-39/h7-27,41H,28H2,1-6H3. The third kappa shape index (κ3) is 6.74. The topological polar surface area (TPSA) is 0 Å². The van der Waals surface area contributed by atoms with E-state index in [0.717, 1.165) is 6.16 Å². The van der Waals surface area contributed by atoms with E-state index in [0.29, 0.717) is 5.92 Å². The summed E-state index contributed by atoms with van der Waals surface area (Å²) in [5.74, 6) is 0.315. The van der Waals surface area contributed by atoms with E-state index in [2.05, 4.69) is 169 Å². The first-order valence-corrected chi connectivity index (χ1v) is 18.5.